The van der Waals surface area contributed by atoms with Gasteiger partial charge in [-0.25, -0.2) is 0 Å². The molecular weight excluding hydrogens is 230 g/mol. The van der Waals surface area contributed by atoms with Gasteiger partial charge in [-0.15, -0.1) is 5.10 Å². The lowest BCUT2D eigenvalue weighted by Gasteiger charge is -2.08. The van der Waals surface area contributed by atoms with E-state index >= 15 is 0 Å². The molecule has 0 spiro atoms. The lowest BCUT2D eigenvalue weighted by Crippen LogP contribution is -1.99. The van der Waals surface area contributed by atoms with Crippen LogP contribution in [0, 0.1) is 6.92 Å². The van der Waals surface area contributed by atoms with Gasteiger partial charge in [-0.3, -0.25) is 9.48 Å². The van der Waals surface area contributed by atoms with Gasteiger partial charge >= 0.3 is 0 Å². The summed E-state index contributed by atoms with van der Waals surface area (Å²) in [5.74, 6) is 0.809. The van der Waals surface area contributed by atoms with Gasteiger partial charge in [0.25, 0.3) is 0 Å². The molecule has 0 amide bonds. The molecule has 0 N–H and O–H groups in total. The summed E-state index contributed by atoms with van der Waals surface area (Å²) in [4.78, 5) is 11.2. The van der Waals surface area contributed by atoms with Gasteiger partial charge in [-0.2, -0.15) is 0 Å². The Hall–Kier alpha value is -2.17. The number of Topliss-reactive ketones (excluding diaryl/α,β-unsaturated/α-hetero) is 1. The first kappa shape index (κ1) is 12.3. The summed E-state index contributed by atoms with van der Waals surface area (Å²) in [6.45, 7) is 3.83. The minimum atomic E-state index is 0.0542. The number of carbonyl (C=O) groups excluding carboxylic acids is 1. The van der Waals surface area contributed by atoms with Crippen molar-refractivity contribution >= 4 is 5.78 Å². The summed E-state index contributed by atoms with van der Waals surface area (Å²) in [6.07, 6.45) is 1.80. The Balaban J connectivity index is 2.08. The second-order valence-electron chi connectivity index (χ2n) is 4.21. The molecule has 0 atom stereocenters. The van der Waals surface area contributed by atoms with Crippen molar-refractivity contribution in [1.29, 1.82) is 0 Å². The topological polar surface area (TPSA) is 57.0 Å². The van der Waals surface area contributed by atoms with Gasteiger partial charge in [-0.05, 0) is 37.6 Å². The predicted octanol–water partition coefficient (Wildman–Crippen LogP) is 1.91. The van der Waals surface area contributed by atoms with E-state index in [1.807, 2.05) is 26.1 Å². The van der Waals surface area contributed by atoms with E-state index in [-0.39, 0.29) is 5.78 Å². The molecule has 0 aliphatic rings. The minimum absolute atomic E-state index is 0.0542. The zero-order valence-electron chi connectivity index (χ0n) is 10.7. The van der Waals surface area contributed by atoms with Crippen molar-refractivity contribution in [2.24, 2.45) is 7.05 Å². The highest BCUT2D eigenvalue weighted by Crippen LogP contribution is 2.20. The maximum absolute atomic E-state index is 11.2. The van der Waals surface area contributed by atoms with Crippen LogP contribution in [0.5, 0.6) is 5.75 Å². The lowest BCUT2D eigenvalue weighted by molar-refractivity contribution is 0.101. The van der Waals surface area contributed by atoms with Crippen LogP contribution >= 0.6 is 0 Å². The molecule has 2 rings (SSSR count). The van der Waals surface area contributed by atoms with E-state index in [1.54, 1.807) is 23.9 Å². The van der Waals surface area contributed by atoms with Gasteiger partial charge in [0.1, 0.15) is 18.1 Å². The first-order valence-corrected chi connectivity index (χ1v) is 5.66. The van der Waals surface area contributed by atoms with Gasteiger partial charge < -0.3 is 4.74 Å². The van der Waals surface area contributed by atoms with Gasteiger partial charge in [0.05, 0.1) is 6.20 Å². The van der Waals surface area contributed by atoms with E-state index in [1.165, 1.54) is 0 Å². The monoisotopic (exact) mass is 245 g/mol. The summed E-state index contributed by atoms with van der Waals surface area (Å²) < 4.78 is 7.27. The quantitative estimate of drug-likeness (QED) is 0.772. The molecule has 0 radical (unpaired) electrons. The Morgan fingerprint density at radius 3 is 2.78 bits per heavy atom. The number of carbonyl (C=O) groups is 1. The fourth-order valence-corrected chi connectivity index (χ4v) is 1.64. The van der Waals surface area contributed by atoms with Crippen LogP contribution in [0.15, 0.2) is 24.4 Å². The van der Waals surface area contributed by atoms with Crippen molar-refractivity contribution in [2.75, 3.05) is 0 Å². The molecular formula is C13H15N3O2. The standard InChI is InChI=1S/C13H15N3O2/c1-9-6-11(10(2)17)4-5-13(9)18-8-12-7-16(3)15-14-12/h4-7H,8H2,1-3H3. The van der Waals surface area contributed by atoms with Crippen molar-refractivity contribution in [2.45, 2.75) is 20.5 Å². The zero-order valence-corrected chi connectivity index (χ0v) is 10.7. The van der Waals surface area contributed by atoms with Crippen LogP contribution in [0.1, 0.15) is 28.5 Å². The molecule has 5 nitrogen and oxygen atoms in total. The van der Waals surface area contributed by atoms with Crippen molar-refractivity contribution < 1.29 is 9.53 Å². The number of rotatable bonds is 4. The number of benzene rings is 1. The Morgan fingerprint density at radius 1 is 1.44 bits per heavy atom. The zero-order chi connectivity index (χ0) is 13.1. The number of hydrogen-bond acceptors (Lipinski definition) is 4. The highest BCUT2D eigenvalue weighted by molar-refractivity contribution is 5.94. The third kappa shape index (κ3) is 2.74. The van der Waals surface area contributed by atoms with Gasteiger partial charge in [0, 0.05) is 12.6 Å². The van der Waals surface area contributed by atoms with E-state index in [0.717, 1.165) is 17.0 Å². The molecule has 1 aromatic heterocycles. The van der Waals surface area contributed by atoms with Crippen LogP contribution in [0.2, 0.25) is 0 Å². The predicted molar refractivity (Wildman–Crippen MR) is 66.5 cm³/mol. The third-order valence-electron chi connectivity index (χ3n) is 2.61. The van der Waals surface area contributed by atoms with E-state index in [4.69, 9.17) is 4.74 Å². The number of hydrogen-bond donors (Lipinski definition) is 0. The highest BCUT2D eigenvalue weighted by atomic mass is 16.5. The van der Waals surface area contributed by atoms with Crippen LogP contribution in [-0.2, 0) is 13.7 Å². The number of aryl methyl sites for hydroxylation is 2. The molecule has 0 fully saturated rings. The van der Waals surface area contributed by atoms with Gasteiger partial charge in [-0.1, -0.05) is 5.21 Å². The number of nitrogens with zero attached hydrogens (tertiary/aromatic N) is 3. The van der Waals surface area contributed by atoms with Crippen LogP contribution < -0.4 is 4.74 Å². The first-order chi connectivity index (χ1) is 8.56. The average molecular weight is 245 g/mol. The fraction of sp³-hybridized carbons (Fsp3) is 0.308. The molecule has 1 aromatic carbocycles. The molecule has 1 heterocycles. The van der Waals surface area contributed by atoms with Gasteiger partial charge in [0.2, 0.25) is 0 Å². The Morgan fingerprint density at radius 2 is 2.22 bits per heavy atom. The normalized spacial score (nSPS) is 10.4. The summed E-state index contributed by atoms with van der Waals surface area (Å²) >= 11 is 0. The summed E-state index contributed by atoms with van der Waals surface area (Å²) in [5.41, 5.74) is 2.40. The van der Waals surface area contributed by atoms with Crippen LogP contribution in [0.3, 0.4) is 0 Å². The fourth-order valence-electron chi connectivity index (χ4n) is 1.64. The number of ketones is 1. The van der Waals surface area contributed by atoms with Crippen LogP contribution in [0.25, 0.3) is 0 Å². The Bertz CT molecular complexity index is 575. The smallest absolute Gasteiger partial charge is 0.159 e. The molecule has 94 valence electrons. The molecule has 0 aliphatic carbocycles. The number of aromatic nitrogens is 3. The molecule has 5 heteroatoms. The maximum atomic E-state index is 11.2. The minimum Gasteiger partial charge on any atom is -0.487 e. The largest absolute Gasteiger partial charge is 0.487 e. The lowest BCUT2D eigenvalue weighted by atomic mass is 10.1. The van der Waals surface area contributed by atoms with E-state index < -0.39 is 0 Å². The third-order valence-corrected chi connectivity index (χ3v) is 2.61. The molecule has 2 aromatic rings. The maximum Gasteiger partial charge on any atom is 0.159 e. The van der Waals surface area contributed by atoms with Crippen LogP contribution in [-0.4, -0.2) is 20.8 Å². The van der Waals surface area contributed by atoms with Crippen molar-refractivity contribution in [3.8, 4) is 5.75 Å². The number of ether oxygens (including phenoxy) is 1. The second-order valence-corrected chi connectivity index (χ2v) is 4.21. The molecule has 0 aliphatic heterocycles. The van der Waals surface area contributed by atoms with Crippen molar-refractivity contribution in [3.63, 3.8) is 0 Å². The molecule has 18 heavy (non-hydrogen) atoms. The van der Waals surface area contributed by atoms with Crippen molar-refractivity contribution in [3.05, 3.63) is 41.2 Å². The molecule has 0 saturated heterocycles. The van der Waals surface area contributed by atoms with E-state index in [9.17, 15) is 4.79 Å². The average Bonchev–Trinajstić information content (AvgIpc) is 2.73. The highest BCUT2D eigenvalue weighted by Gasteiger charge is 2.05. The second kappa shape index (κ2) is 5.00. The summed E-state index contributed by atoms with van der Waals surface area (Å²) in [7, 11) is 1.81. The summed E-state index contributed by atoms with van der Waals surface area (Å²) in [6, 6.07) is 5.40. The molecule has 0 saturated carbocycles. The molecule has 0 bridgehead atoms. The summed E-state index contributed by atoms with van der Waals surface area (Å²) in [5, 5.41) is 7.77. The van der Waals surface area contributed by atoms with Gasteiger partial charge in [0.15, 0.2) is 5.78 Å². The van der Waals surface area contributed by atoms with E-state index in [2.05, 4.69) is 10.3 Å². The molecule has 0 unspecified atom stereocenters. The Kier molecular flexibility index (Phi) is 3.41. The Labute approximate surface area is 105 Å². The van der Waals surface area contributed by atoms with Crippen molar-refractivity contribution in [1.82, 2.24) is 15.0 Å². The first-order valence-electron chi connectivity index (χ1n) is 5.66. The van der Waals surface area contributed by atoms with Crippen LogP contribution in [0.4, 0.5) is 0 Å². The SMILES string of the molecule is CC(=O)c1ccc(OCc2cn(C)nn2)c(C)c1. The van der Waals surface area contributed by atoms with E-state index in [0.29, 0.717) is 12.2 Å².